The minimum absolute atomic E-state index is 0.135. The van der Waals surface area contributed by atoms with Crippen LogP contribution in [-0.2, 0) is 28.6 Å². The van der Waals surface area contributed by atoms with Crippen LogP contribution in [0.15, 0.2) is 24.3 Å². The Balaban J connectivity index is 2.92. The van der Waals surface area contributed by atoms with Gasteiger partial charge in [-0.25, -0.2) is 4.79 Å². The third-order valence-electron chi connectivity index (χ3n) is 3.65. The number of esters is 3. The Labute approximate surface area is 136 Å². The Morgan fingerprint density at radius 2 is 1.70 bits per heavy atom. The van der Waals surface area contributed by atoms with E-state index in [1.54, 1.807) is 26.8 Å². The molecule has 0 bridgehead atoms. The van der Waals surface area contributed by atoms with E-state index in [1.165, 1.54) is 20.3 Å². The lowest BCUT2D eigenvalue weighted by Gasteiger charge is -2.22. The lowest BCUT2D eigenvalue weighted by molar-refractivity contribution is -0.168. The molecule has 0 aromatic heterocycles. The molecule has 0 aromatic rings. The van der Waals surface area contributed by atoms with Gasteiger partial charge in [0.1, 0.15) is 5.60 Å². The Morgan fingerprint density at radius 3 is 2.13 bits per heavy atom. The van der Waals surface area contributed by atoms with Gasteiger partial charge in [0, 0.05) is 6.08 Å². The first-order chi connectivity index (χ1) is 10.6. The first kappa shape index (κ1) is 18.9. The molecule has 6 nitrogen and oxygen atoms in total. The van der Waals surface area contributed by atoms with Gasteiger partial charge in [0.25, 0.3) is 0 Å². The van der Waals surface area contributed by atoms with E-state index < -0.39 is 28.9 Å². The van der Waals surface area contributed by atoms with Gasteiger partial charge >= 0.3 is 17.9 Å². The van der Waals surface area contributed by atoms with E-state index in [9.17, 15) is 14.4 Å². The van der Waals surface area contributed by atoms with Gasteiger partial charge in [-0.1, -0.05) is 18.2 Å². The second-order valence-electron chi connectivity index (χ2n) is 6.60. The average molecular weight is 324 g/mol. The fourth-order valence-corrected chi connectivity index (χ4v) is 2.63. The van der Waals surface area contributed by atoms with E-state index in [0.717, 1.165) is 0 Å². The maximum absolute atomic E-state index is 12.1. The van der Waals surface area contributed by atoms with Crippen LogP contribution in [0.2, 0.25) is 0 Å². The molecule has 0 saturated heterocycles. The quantitative estimate of drug-likeness (QED) is 0.259. The third-order valence-corrected chi connectivity index (χ3v) is 3.65. The molecule has 1 saturated carbocycles. The van der Waals surface area contributed by atoms with Crippen LogP contribution in [0.5, 0.6) is 0 Å². The average Bonchev–Trinajstić information content (AvgIpc) is 2.79. The molecular formula is C17H24O6. The Bertz CT molecular complexity index is 522. The van der Waals surface area contributed by atoms with E-state index in [-0.39, 0.29) is 18.8 Å². The van der Waals surface area contributed by atoms with Crippen molar-refractivity contribution < 1.29 is 28.6 Å². The number of carbonyl (C=O) groups excluding carboxylic acids is 3. The van der Waals surface area contributed by atoms with Crippen LogP contribution in [0, 0.1) is 11.3 Å². The maximum atomic E-state index is 12.1. The number of methoxy groups -OCH3 is 2. The predicted octanol–water partition coefficient (Wildman–Crippen LogP) is 2.18. The minimum atomic E-state index is -1.40. The molecular weight excluding hydrogens is 300 g/mol. The fourth-order valence-electron chi connectivity index (χ4n) is 2.63. The smallest absolute Gasteiger partial charge is 0.330 e. The standard InChI is InChI=1S/C17H24O6/c1-11-9-17(14(19)21-5,15(20)22-6)10-12(11)7-8-13(18)23-16(2,3)4/h7-8,12H,1,9-10H2,2-6H3/b8-7+. The molecule has 23 heavy (non-hydrogen) atoms. The van der Waals surface area contributed by atoms with Gasteiger partial charge < -0.3 is 14.2 Å². The van der Waals surface area contributed by atoms with Gasteiger partial charge in [-0.15, -0.1) is 0 Å². The summed E-state index contributed by atoms with van der Waals surface area (Å²) in [5, 5.41) is 0. The van der Waals surface area contributed by atoms with Gasteiger partial charge in [0.15, 0.2) is 5.41 Å². The zero-order chi connectivity index (χ0) is 17.8. The summed E-state index contributed by atoms with van der Waals surface area (Å²) in [4.78, 5) is 35.9. The van der Waals surface area contributed by atoms with Crippen molar-refractivity contribution in [1.29, 1.82) is 0 Å². The number of allylic oxidation sites excluding steroid dienone is 2. The molecule has 1 aliphatic carbocycles. The fraction of sp³-hybridized carbons (Fsp3) is 0.588. The predicted molar refractivity (Wildman–Crippen MR) is 83.3 cm³/mol. The second kappa shape index (κ2) is 6.98. The summed E-state index contributed by atoms with van der Waals surface area (Å²) in [5.74, 6) is -2.10. The highest BCUT2D eigenvalue weighted by Crippen LogP contribution is 2.47. The lowest BCUT2D eigenvalue weighted by atomic mass is 9.85. The first-order valence-electron chi connectivity index (χ1n) is 7.31. The summed E-state index contributed by atoms with van der Waals surface area (Å²) < 4.78 is 14.7. The van der Waals surface area contributed by atoms with Crippen molar-refractivity contribution in [2.75, 3.05) is 14.2 Å². The van der Waals surface area contributed by atoms with Crippen LogP contribution in [0.25, 0.3) is 0 Å². The lowest BCUT2D eigenvalue weighted by Crippen LogP contribution is -2.39. The summed E-state index contributed by atoms with van der Waals surface area (Å²) >= 11 is 0. The molecule has 0 spiro atoms. The van der Waals surface area contributed by atoms with Crippen LogP contribution in [-0.4, -0.2) is 37.7 Å². The normalized spacial score (nSPS) is 20.4. The molecule has 0 amide bonds. The molecule has 1 fully saturated rings. The summed E-state index contributed by atoms with van der Waals surface area (Å²) in [5.41, 5.74) is -1.32. The topological polar surface area (TPSA) is 78.9 Å². The number of rotatable bonds is 4. The van der Waals surface area contributed by atoms with Crippen molar-refractivity contribution >= 4 is 17.9 Å². The highest BCUT2D eigenvalue weighted by atomic mass is 16.6. The molecule has 1 atom stereocenters. The molecule has 1 aliphatic rings. The van der Waals surface area contributed by atoms with Crippen molar-refractivity contribution in [3.8, 4) is 0 Å². The molecule has 0 aromatic carbocycles. The van der Waals surface area contributed by atoms with E-state index in [2.05, 4.69) is 6.58 Å². The van der Waals surface area contributed by atoms with Crippen molar-refractivity contribution in [2.24, 2.45) is 11.3 Å². The van der Waals surface area contributed by atoms with Gasteiger partial charge in [0.2, 0.25) is 0 Å². The molecule has 128 valence electrons. The zero-order valence-corrected chi connectivity index (χ0v) is 14.3. The Kier molecular flexibility index (Phi) is 5.75. The van der Waals surface area contributed by atoms with Gasteiger partial charge in [-0.05, 0) is 39.5 Å². The summed E-state index contributed by atoms with van der Waals surface area (Å²) in [6.45, 7) is 9.21. The maximum Gasteiger partial charge on any atom is 0.330 e. The van der Waals surface area contributed by atoms with Gasteiger partial charge in [0.05, 0.1) is 14.2 Å². The number of carbonyl (C=O) groups is 3. The van der Waals surface area contributed by atoms with Gasteiger partial charge in [-0.2, -0.15) is 0 Å². The van der Waals surface area contributed by atoms with Crippen LogP contribution in [0.4, 0.5) is 0 Å². The van der Waals surface area contributed by atoms with E-state index in [1.807, 2.05) is 0 Å². The van der Waals surface area contributed by atoms with Crippen LogP contribution in [0.1, 0.15) is 33.6 Å². The number of hydrogen-bond donors (Lipinski definition) is 0. The highest BCUT2D eigenvalue weighted by Gasteiger charge is 2.54. The largest absolute Gasteiger partial charge is 0.468 e. The monoisotopic (exact) mass is 324 g/mol. The zero-order valence-electron chi connectivity index (χ0n) is 14.3. The van der Waals surface area contributed by atoms with E-state index in [4.69, 9.17) is 14.2 Å². The van der Waals surface area contributed by atoms with Crippen molar-refractivity contribution in [1.82, 2.24) is 0 Å². The first-order valence-corrected chi connectivity index (χ1v) is 7.31. The van der Waals surface area contributed by atoms with Crippen LogP contribution >= 0.6 is 0 Å². The molecule has 1 rings (SSSR count). The minimum Gasteiger partial charge on any atom is -0.468 e. The molecule has 0 radical (unpaired) electrons. The molecule has 0 heterocycles. The molecule has 6 heteroatoms. The third kappa shape index (κ3) is 4.43. The highest BCUT2D eigenvalue weighted by molar-refractivity contribution is 6.01. The summed E-state index contributed by atoms with van der Waals surface area (Å²) in [6.07, 6.45) is 3.19. The Hall–Kier alpha value is -2.11. The van der Waals surface area contributed by atoms with Crippen LogP contribution in [0.3, 0.4) is 0 Å². The molecule has 1 unspecified atom stereocenters. The van der Waals surface area contributed by atoms with Crippen LogP contribution < -0.4 is 0 Å². The second-order valence-corrected chi connectivity index (χ2v) is 6.60. The molecule has 0 N–H and O–H groups in total. The van der Waals surface area contributed by atoms with E-state index >= 15 is 0 Å². The Morgan fingerprint density at radius 1 is 1.17 bits per heavy atom. The van der Waals surface area contributed by atoms with E-state index in [0.29, 0.717) is 5.57 Å². The number of hydrogen-bond acceptors (Lipinski definition) is 6. The summed E-state index contributed by atoms with van der Waals surface area (Å²) in [7, 11) is 2.44. The SMILES string of the molecule is C=C1CC(C(=O)OC)(C(=O)OC)CC1/C=C/C(=O)OC(C)(C)C. The van der Waals surface area contributed by atoms with Crippen molar-refractivity contribution in [3.05, 3.63) is 24.3 Å². The van der Waals surface area contributed by atoms with Gasteiger partial charge in [-0.3, -0.25) is 9.59 Å². The molecule has 0 aliphatic heterocycles. The van der Waals surface area contributed by atoms with Crippen molar-refractivity contribution in [2.45, 2.75) is 39.2 Å². The summed E-state index contributed by atoms with van der Waals surface area (Å²) in [6, 6.07) is 0. The van der Waals surface area contributed by atoms with Crippen molar-refractivity contribution in [3.63, 3.8) is 0 Å². The number of ether oxygens (including phenoxy) is 3.